The zero-order valence-electron chi connectivity index (χ0n) is 24.8. The second-order valence-electron chi connectivity index (χ2n) is 12.2. The van der Waals surface area contributed by atoms with Gasteiger partial charge < -0.3 is 16.4 Å². The first-order chi connectivity index (χ1) is 20.8. The van der Waals surface area contributed by atoms with Gasteiger partial charge in [0.25, 0.3) is 0 Å². The maximum absolute atomic E-state index is 15.2. The van der Waals surface area contributed by atoms with Gasteiger partial charge in [-0.1, -0.05) is 18.2 Å². The monoisotopic (exact) mass is 653 g/mol. The van der Waals surface area contributed by atoms with Crippen LogP contribution in [-0.4, -0.2) is 87.7 Å². The first-order valence-corrected chi connectivity index (χ1v) is 18.6. The Bertz CT molecular complexity index is 1550. The molecule has 2 aromatic rings. The van der Waals surface area contributed by atoms with E-state index in [1.165, 1.54) is 28.6 Å². The lowest BCUT2D eigenvalue weighted by atomic mass is 9.76. The third kappa shape index (κ3) is 7.48. The van der Waals surface area contributed by atoms with Gasteiger partial charge in [-0.3, -0.25) is 4.79 Å². The molecular weight excluding hydrogens is 612 g/mol. The number of hydrogen-bond donors (Lipinski definition) is 3. The fourth-order valence-corrected chi connectivity index (χ4v) is 9.57. The lowest BCUT2D eigenvalue weighted by Crippen LogP contribution is -2.57. The number of halogens is 2. The molecule has 5 rings (SSSR count). The lowest BCUT2D eigenvalue weighted by molar-refractivity contribution is -0.118. The van der Waals surface area contributed by atoms with Crippen LogP contribution in [0.1, 0.15) is 49.1 Å². The average Bonchev–Trinajstić information content (AvgIpc) is 3.09. The number of fused-ring (bicyclic) bond motifs is 2. The summed E-state index contributed by atoms with van der Waals surface area (Å²) in [6.07, 6.45) is 4.06. The van der Waals surface area contributed by atoms with Gasteiger partial charge in [-0.2, -0.15) is 4.31 Å². The SMILES string of the molecule is CS(=O)(=O)N1CCC([C@H](c2ccc(F)cc2)[C@H](N)C(=O)Nc2cccc(F)c2CC[C@H]2CN[C@@H]3CCCS(=O)(=O)N2C3)CC1. The summed E-state index contributed by atoms with van der Waals surface area (Å²) in [4.78, 5) is 13.7. The minimum absolute atomic E-state index is 0.100. The molecule has 0 aromatic heterocycles. The van der Waals surface area contributed by atoms with Crippen LogP contribution in [0, 0.1) is 17.6 Å². The van der Waals surface area contributed by atoms with Gasteiger partial charge in [-0.15, -0.1) is 0 Å². The summed E-state index contributed by atoms with van der Waals surface area (Å²) in [7, 11) is -6.76. The summed E-state index contributed by atoms with van der Waals surface area (Å²) in [5.74, 6) is -2.08. The molecule has 3 heterocycles. The average molecular weight is 654 g/mol. The molecule has 14 heteroatoms. The Morgan fingerprint density at radius 1 is 1.11 bits per heavy atom. The second-order valence-corrected chi connectivity index (χ2v) is 16.2. The van der Waals surface area contributed by atoms with Crippen molar-refractivity contribution in [1.82, 2.24) is 13.9 Å². The molecule has 5 atom stereocenters. The molecule has 0 radical (unpaired) electrons. The van der Waals surface area contributed by atoms with E-state index in [1.54, 1.807) is 22.5 Å². The maximum Gasteiger partial charge on any atom is 0.241 e. The smallest absolute Gasteiger partial charge is 0.241 e. The molecule has 2 aromatic carbocycles. The molecule has 2 bridgehead atoms. The molecule has 3 saturated heterocycles. The number of carbonyl (C=O) groups excluding carboxylic acids is 1. The van der Waals surface area contributed by atoms with E-state index in [2.05, 4.69) is 10.6 Å². The van der Waals surface area contributed by atoms with Gasteiger partial charge in [0.1, 0.15) is 11.6 Å². The Morgan fingerprint density at radius 2 is 1.82 bits per heavy atom. The highest BCUT2D eigenvalue weighted by atomic mass is 32.2. The first kappa shape index (κ1) is 32.9. The number of carbonyl (C=O) groups is 1. The van der Waals surface area contributed by atoms with Gasteiger partial charge in [-0.05, 0) is 74.3 Å². The molecule has 1 amide bonds. The number of anilines is 1. The van der Waals surface area contributed by atoms with Crippen molar-refractivity contribution in [2.75, 3.05) is 43.5 Å². The normalized spacial score (nSPS) is 26.0. The molecular formula is C30H41F2N5O5S2. The highest BCUT2D eigenvalue weighted by Gasteiger charge is 2.39. The van der Waals surface area contributed by atoms with Crippen LogP contribution in [0.3, 0.4) is 0 Å². The van der Waals surface area contributed by atoms with E-state index >= 15 is 4.39 Å². The quantitative estimate of drug-likeness (QED) is 0.378. The van der Waals surface area contributed by atoms with Crippen LogP contribution in [0.5, 0.6) is 0 Å². The minimum atomic E-state index is -3.40. The molecule has 242 valence electrons. The van der Waals surface area contributed by atoms with E-state index in [0.717, 1.165) is 12.7 Å². The summed E-state index contributed by atoms with van der Waals surface area (Å²) < 4.78 is 81.8. The molecule has 0 saturated carbocycles. The predicted octanol–water partition coefficient (Wildman–Crippen LogP) is 2.38. The highest BCUT2D eigenvalue weighted by molar-refractivity contribution is 7.89. The predicted molar refractivity (Wildman–Crippen MR) is 165 cm³/mol. The Labute approximate surface area is 258 Å². The number of sulfonamides is 2. The molecule has 10 nitrogen and oxygen atoms in total. The largest absolute Gasteiger partial charge is 0.324 e. The second kappa shape index (κ2) is 13.5. The molecule has 3 aliphatic heterocycles. The van der Waals surface area contributed by atoms with Crippen LogP contribution >= 0.6 is 0 Å². The first-order valence-electron chi connectivity index (χ1n) is 15.1. The standard InChI is InChI=1S/C30H41F2N5O5S2/c1-43(39,40)36-15-13-21(14-16-36)28(20-7-9-22(31)10-8-20)29(33)30(38)35-27-6-2-5-26(32)25(27)12-11-24-18-34-23-4-3-17-44(41,42)37(24)19-23/h2,5-10,21,23-24,28-29,34H,3-4,11-19,33H2,1H3,(H,35,38)/t23-,24+,28+,29+/m1/s1. The number of piperazine rings is 1. The number of nitrogens with zero attached hydrogens (tertiary/aromatic N) is 2. The van der Waals surface area contributed by atoms with Crippen molar-refractivity contribution < 1.29 is 30.4 Å². The highest BCUT2D eigenvalue weighted by Crippen LogP contribution is 2.36. The fraction of sp³-hybridized carbons (Fsp3) is 0.567. The summed E-state index contributed by atoms with van der Waals surface area (Å²) in [6.45, 7) is 1.44. The van der Waals surface area contributed by atoms with Crippen LogP contribution in [-0.2, 0) is 31.3 Å². The maximum atomic E-state index is 15.2. The van der Waals surface area contributed by atoms with Gasteiger partial charge in [0, 0.05) is 55.4 Å². The minimum Gasteiger partial charge on any atom is -0.324 e. The zero-order valence-corrected chi connectivity index (χ0v) is 26.4. The number of benzene rings is 2. The summed E-state index contributed by atoms with van der Waals surface area (Å²) in [5, 5.41) is 6.23. The third-order valence-corrected chi connectivity index (χ3v) is 12.6. The molecule has 44 heavy (non-hydrogen) atoms. The van der Waals surface area contributed by atoms with Crippen LogP contribution < -0.4 is 16.4 Å². The fourth-order valence-electron chi connectivity index (χ4n) is 6.89. The topological polar surface area (TPSA) is 142 Å². The molecule has 3 aliphatic rings. The third-order valence-electron chi connectivity index (χ3n) is 9.29. The molecule has 4 N–H and O–H groups in total. The number of amides is 1. The van der Waals surface area contributed by atoms with E-state index in [4.69, 9.17) is 5.73 Å². The van der Waals surface area contributed by atoms with Crippen molar-refractivity contribution in [2.45, 2.75) is 62.6 Å². The van der Waals surface area contributed by atoms with Crippen LogP contribution in [0.2, 0.25) is 0 Å². The number of hydrogen-bond acceptors (Lipinski definition) is 7. The summed E-state index contributed by atoms with van der Waals surface area (Å²) >= 11 is 0. The Morgan fingerprint density at radius 3 is 2.50 bits per heavy atom. The van der Waals surface area contributed by atoms with E-state index < -0.39 is 49.5 Å². The van der Waals surface area contributed by atoms with E-state index in [-0.39, 0.29) is 54.5 Å². The van der Waals surface area contributed by atoms with Crippen molar-refractivity contribution in [2.24, 2.45) is 11.7 Å². The Hall–Kier alpha value is -2.49. The number of nitrogens with one attached hydrogen (secondary N) is 2. The van der Waals surface area contributed by atoms with Crippen LogP contribution in [0.25, 0.3) is 0 Å². The summed E-state index contributed by atoms with van der Waals surface area (Å²) in [5.41, 5.74) is 7.78. The number of rotatable bonds is 9. The van der Waals surface area contributed by atoms with Crippen LogP contribution in [0.4, 0.5) is 14.5 Å². The summed E-state index contributed by atoms with van der Waals surface area (Å²) in [6, 6.07) is 8.86. The lowest BCUT2D eigenvalue weighted by Gasteiger charge is -2.38. The Balaban J connectivity index is 1.33. The molecule has 3 fully saturated rings. The Kier molecular flexibility index (Phi) is 10.1. The van der Waals surface area contributed by atoms with Gasteiger partial charge in [-0.25, -0.2) is 29.9 Å². The van der Waals surface area contributed by atoms with Crippen molar-refractivity contribution in [3.63, 3.8) is 0 Å². The van der Waals surface area contributed by atoms with E-state index in [1.807, 2.05) is 0 Å². The van der Waals surface area contributed by atoms with Crippen molar-refractivity contribution in [3.05, 3.63) is 65.2 Å². The van der Waals surface area contributed by atoms with Crippen molar-refractivity contribution in [1.29, 1.82) is 0 Å². The number of piperidine rings is 1. The van der Waals surface area contributed by atoms with Gasteiger partial charge in [0.05, 0.1) is 18.1 Å². The molecule has 0 aliphatic carbocycles. The van der Waals surface area contributed by atoms with E-state index in [0.29, 0.717) is 44.3 Å². The van der Waals surface area contributed by atoms with Gasteiger partial charge in [0.2, 0.25) is 26.0 Å². The number of nitrogens with two attached hydrogens (primary N) is 1. The zero-order chi connectivity index (χ0) is 31.6. The molecule has 1 unspecified atom stereocenters. The van der Waals surface area contributed by atoms with Crippen LogP contribution in [0.15, 0.2) is 42.5 Å². The van der Waals surface area contributed by atoms with E-state index in [9.17, 15) is 26.0 Å². The van der Waals surface area contributed by atoms with Crippen molar-refractivity contribution >= 4 is 31.6 Å². The van der Waals surface area contributed by atoms with Gasteiger partial charge in [0.15, 0.2) is 0 Å². The van der Waals surface area contributed by atoms with Gasteiger partial charge >= 0.3 is 0 Å². The van der Waals surface area contributed by atoms with Crippen molar-refractivity contribution in [3.8, 4) is 0 Å². The molecule has 0 spiro atoms.